The van der Waals surface area contributed by atoms with Gasteiger partial charge in [0.2, 0.25) is 0 Å². The lowest BCUT2D eigenvalue weighted by Gasteiger charge is -2.07. The fraction of sp³-hybridized carbons (Fsp3) is 0.167. The highest BCUT2D eigenvalue weighted by Gasteiger charge is 2.30. The van der Waals surface area contributed by atoms with Crippen LogP contribution in [0, 0.1) is 10.1 Å². The van der Waals surface area contributed by atoms with E-state index in [1.54, 1.807) is 0 Å². The van der Waals surface area contributed by atoms with Gasteiger partial charge in [0.25, 0.3) is 0 Å². The molecule has 0 aliphatic carbocycles. The van der Waals surface area contributed by atoms with Crippen LogP contribution in [0.25, 0.3) is 0 Å². The van der Waals surface area contributed by atoms with Gasteiger partial charge in [-0.2, -0.15) is 0 Å². The molecule has 0 bridgehead atoms. The Kier molecular flexibility index (Phi) is 6.17. The van der Waals surface area contributed by atoms with Crippen LogP contribution in [0.15, 0.2) is 54.6 Å². The molecule has 0 atom stereocenters. The van der Waals surface area contributed by atoms with Crippen LogP contribution in [0.2, 0.25) is 0 Å². The van der Waals surface area contributed by atoms with E-state index in [0.717, 1.165) is 16.4 Å². The summed E-state index contributed by atoms with van der Waals surface area (Å²) in [5.41, 5.74) is 0.00588. The van der Waals surface area contributed by atoms with Crippen molar-refractivity contribution in [3.8, 4) is 0 Å². The second-order valence-electron chi connectivity index (χ2n) is 3.59. The maximum absolute atomic E-state index is 11.4. The third kappa shape index (κ3) is 4.11. The summed E-state index contributed by atoms with van der Waals surface area (Å²) in [6.45, 7) is 0. The van der Waals surface area contributed by atoms with Crippen LogP contribution < -0.4 is 0 Å². The molecular weight excluding hydrogens is 357 g/mol. The lowest BCUT2D eigenvalue weighted by molar-refractivity contribution is -0.419. The third-order valence-electron chi connectivity index (χ3n) is 2.28. The summed E-state index contributed by atoms with van der Waals surface area (Å²) >= 11 is 15.9. The highest BCUT2D eigenvalue weighted by Crippen LogP contribution is 2.46. The predicted molar refractivity (Wildman–Crippen MR) is 90.0 cm³/mol. The molecule has 0 N–H and O–H groups in total. The van der Waals surface area contributed by atoms with E-state index in [-0.39, 0.29) is 10.2 Å². The first-order valence-electron chi connectivity index (χ1n) is 5.52. The standard InChI is InChI=1S/C12H9Cl2NO2S3/c13-11(14)10(20-8-4-2-1-3-5-8)9(15(16)17)12-18-6-7-19-12/h1-5H,6-7H2. The minimum absolute atomic E-state index is 0.00588. The molecule has 0 amide bonds. The maximum Gasteiger partial charge on any atom is 0.305 e. The summed E-state index contributed by atoms with van der Waals surface area (Å²) in [5, 5.41) is 11.4. The largest absolute Gasteiger partial charge is 0.305 e. The molecule has 0 spiro atoms. The molecule has 3 nitrogen and oxygen atoms in total. The molecule has 1 fully saturated rings. The molecular formula is C12H9Cl2NO2S3. The topological polar surface area (TPSA) is 43.1 Å². The molecule has 0 radical (unpaired) electrons. The van der Waals surface area contributed by atoms with Gasteiger partial charge in [-0.05, 0) is 12.1 Å². The molecule has 0 unspecified atom stereocenters. The number of thioether (sulfide) groups is 3. The lowest BCUT2D eigenvalue weighted by atomic mass is 10.4. The van der Waals surface area contributed by atoms with Crippen molar-refractivity contribution in [1.29, 1.82) is 0 Å². The Hall–Kier alpha value is -0.270. The Bertz CT molecular complexity index is 563. The fourth-order valence-electron chi connectivity index (χ4n) is 1.48. The molecule has 1 aliphatic heterocycles. The Labute approximate surface area is 139 Å². The van der Waals surface area contributed by atoms with E-state index in [1.165, 1.54) is 35.3 Å². The van der Waals surface area contributed by atoms with Gasteiger partial charge in [0.05, 0.1) is 4.92 Å². The van der Waals surface area contributed by atoms with Crippen LogP contribution in [-0.4, -0.2) is 16.4 Å². The van der Waals surface area contributed by atoms with Gasteiger partial charge < -0.3 is 0 Å². The van der Waals surface area contributed by atoms with Crippen LogP contribution in [0.3, 0.4) is 0 Å². The molecule has 2 rings (SSSR count). The number of nitro groups is 1. The molecule has 1 aromatic carbocycles. The summed E-state index contributed by atoms with van der Waals surface area (Å²) in [6.07, 6.45) is 0. The van der Waals surface area contributed by atoms with Crippen LogP contribution in [-0.2, 0) is 0 Å². The van der Waals surface area contributed by atoms with Gasteiger partial charge in [0.1, 0.15) is 13.6 Å². The van der Waals surface area contributed by atoms with Crippen molar-refractivity contribution >= 4 is 58.5 Å². The second kappa shape index (κ2) is 7.66. The van der Waals surface area contributed by atoms with Gasteiger partial charge in [0.15, 0.2) is 0 Å². The van der Waals surface area contributed by atoms with Crippen molar-refractivity contribution in [2.75, 3.05) is 11.5 Å². The molecule has 106 valence electrons. The number of hydrogen-bond acceptors (Lipinski definition) is 5. The summed E-state index contributed by atoms with van der Waals surface area (Å²) in [7, 11) is 0. The zero-order chi connectivity index (χ0) is 14.5. The monoisotopic (exact) mass is 365 g/mol. The smallest absolute Gasteiger partial charge is 0.258 e. The average molecular weight is 366 g/mol. The second-order valence-corrected chi connectivity index (χ2v) is 8.10. The van der Waals surface area contributed by atoms with Gasteiger partial charge in [-0.15, -0.1) is 23.5 Å². The summed E-state index contributed by atoms with van der Waals surface area (Å²) in [4.78, 5) is 12.1. The van der Waals surface area contributed by atoms with E-state index < -0.39 is 4.92 Å². The highest BCUT2D eigenvalue weighted by molar-refractivity contribution is 8.25. The molecule has 8 heteroatoms. The molecule has 0 aromatic heterocycles. The van der Waals surface area contributed by atoms with Crippen LogP contribution in [0.4, 0.5) is 0 Å². The van der Waals surface area contributed by atoms with Crippen LogP contribution in [0.5, 0.6) is 0 Å². The van der Waals surface area contributed by atoms with Crippen molar-refractivity contribution in [1.82, 2.24) is 0 Å². The molecule has 1 aromatic rings. The van der Waals surface area contributed by atoms with E-state index in [1.807, 2.05) is 30.3 Å². The third-order valence-corrected chi connectivity index (χ3v) is 6.68. The lowest BCUT2D eigenvalue weighted by Crippen LogP contribution is -2.02. The number of halogens is 2. The van der Waals surface area contributed by atoms with Gasteiger partial charge >= 0.3 is 5.70 Å². The Morgan fingerprint density at radius 3 is 2.30 bits per heavy atom. The molecule has 20 heavy (non-hydrogen) atoms. The minimum atomic E-state index is -0.406. The van der Waals surface area contributed by atoms with Gasteiger partial charge in [-0.25, -0.2) is 0 Å². The number of hydrogen-bond donors (Lipinski definition) is 0. The SMILES string of the molecule is O=[N+]([O-])C(=C1SCCS1)C(Sc1ccccc1)=C(Cl)Cl. The van der Waals surface area contributed by atoms with Gasteiger partial charge in [0, 0.05) is 16.4 Å². The Balaban J connectivity index is 2.40. The van der Waals surface area contributed by atoms with E-state index in [4.69, 9.17) is 23.2 Å². The zero-order valence-electron chi connectivity index (χ0n) is 10.0. The average Bonchev–Trinajstić information content (AvgIpc) is 2.92. The van der Waals surface area contributed by atoms with Crippen molar-refractivity contribution in [2.45, 2.75) is 4.90 Å². The number of benzene rings is 1. The maximum atomic E-state index is 11.4. The quantitative estimate of drug-likeness (QED) is 0.408. The van der Waals surface area contributed by atoms with Crippen LogP contribution >= 0.6 is 58.5 Å². The predicted octanol–water partition coefficient (Wildman–Crippen LogP) is 5.35. The summed E-state index contributed by atoms with van der Waals surface area (Å²) in [5.74, 6) is 1.72. The molecule has 1 aliphatic rings. The van der Waals surface area contributed by atoms with Crippen molar-refractivity contribution in [3.05, 3.63) is 59.8 Å². The van der Waals surface area contributed by atoms with Crippen molar-refractivity contribution in [3.63, 3.8) is 0 Å². The normalized spacial score (nSPS) is 14.2. The molecule has 0 saturated carbocycles. The first kappa shape index (κ1) is 16.1. The molecule has 1 heterocycles. The zero-order valence-corrected chi connectivity index (χ0v) is 14.0. The van der Waals surface area contributed by atoms with Crippen LogP contribution in [0.1, 0.15) is 0 Å². The van der Waals surface area contributed by atoms with E-state index in [0.29, 0.717) is 9.14 Å². The highest BCUT2D eigenvalue weighted by atomic mass is 35.5. The van der Waals surface area contributed by atoms with E-state index in [2.05, 4.69) is 0 Å². The number of nitrogens with zero attached hydrogens (tertiary/aromatic N) is 1. The Morgan fingerprint density at radius 1 is 1.20 bits per heavy atom. The van der Waals surface area contributed by atoms with E-state index >= 15 is 0 Å². The van der Waals surface area contributed by atoms with Gasteiger partial charge in [-0.1, -0.05) is 53.2 Å². The first-order valence-corrected chi connectivity index (χ1v) is 9.06. The minimum Gasteiger partial charge on any atom is -0.258 e. The summed E-state index contributed by atoms with van der Waals surface area (Å²) in [6, 6.07) is 9.32. The van der Waals surface area contributed by atoms with Crippen molar-refractivity contribution in [2.24, 2.45) is 0 Å². The fourth-order valence-corrected chi connectivity index (χ4v) is 5.40. The first-order chi connectivity index (χ1) is 9.59. The summed E-state index contributed by atoms with van der Waals surface area (Å²) < 4.78 is 0.596. The van der Waals surface area contributed by atoms with Gasteiger partial charge in [-0.3, -0.25) is 10.1 Å². The Morgan fingerprint density at radius 2 is 1.80 bits per heavy atom. The van der Waals surface area contributed by atoms with E-state index in [9.17, 15) is 10.1 Å². The van der Waals surface area contributed by atoms with Crippen molar-refractivity contribution < 1.29 is 4.92 Å². The molecule has 1 saturated heterocycles. The number of rotatable bonds is 4.